The van der Waals surface area contributed by atoms with E-state index in [4.69, 9.17) is 5.11 Å². The van der Waals surface area contributed by atoms with Gasteiger partial charge in [-0.15, -0.1) is 0 Å². The second-order valence-electron chi connectivity index (χ2n) is 2.15. The van der Waals surface area contributed by atoms with Gasteiger partial charge in [0.2, 0.25) is 0 Å². The number of rotatable bonds is 4. The summed E-state index contributed by atoms with van der Waals surface area (Å²) < 4.78 is 4.86. The summed E-state index contributed by atoms with van der Waals surface area (Å²) in [6.07, 6.45) is 2.36. The highest BCUT2D eigenvalue weighted by Crippen LogP contribution is 2.24. The zero-order valence-electron chi connectivity index (χ0n) is 6.23. The van der Waals surface area contributed by atoms with Crippen LogP contribution in [0, 0.1) is 0 Å². The molecule has 0 saturated carbocycles. The molecule has 11 heavy (non-hydrogen) atoms. The summed E-state index contributed by atoms with van der Waals surface area (Å²) in [5.74, 6) is 0. The van der Waals surface area contributed by atoms with Crippen molar-refractivity contribution in [3.05, 3.63) is 6.33 Å². The van der Waals surface area contributed by atoms with Crippen LogP contribution in [0.2, 0.25) is 0 Å². The number of aromatic nitrogens is 2. The second-order valence-corrected chi connectivity index (χ2v) is 4.61. The summed E-state index contributed by atoms with van der Waals surface area (Å²) in [6.45, 7) is 2.31. The van der Waals surface area contributed by atoms with Crippen molar-refractivity contribution >= 4 is 23.3 Å². The van der Waals surface area contributed by atoms with Crippen molar-refractivity contribution in [1.29, 1.82) is 0 Å². The maximum absolute atomic E-state index is 8.62. The Balaban J connectivity index is 2.31. The topological polar surface area (TPSA) is 46.0 Å². The van der Waals surface area contributed by atoms with Crippen molar-refractivity contribution in [2.45, 2.75) is 22.9 Å². The van der Waals surface area contributed by atoms with Crippen LogP contribution in [-0.4, -0.2) is 26.3 Å². The van der Waals surface area contributed by atoms with Crippen molar-refractivity contribution in [2.75, 3.05) is 6.61 Å². The molecule has 1 atom stereocenters. The highest BCUT2D eigenvalue weighted by atomic mass is 32.2. The average Bonchev–Trinajstić information content (AvgIpc) is 2.40. The first kappa shape index (κ1) is 8.96. The molecule has 0 spiro atoms. The van der Waals surface area contributed by atoms with Gasteiger partial charge in [0.1, 0.15) is 6.33 Å². The molecule has 1 aromatic rings. The molecule has 0 aliphatic rings. The van der Waals surface area contributed by atoms with Crippen molar-refractivity contribution in [3.8, 4) is 0 Å². The number of nitrogens with zero attached hydrogens (tertiary/aromatic N) is 2. The van der Waals surface area contributed by atoms with E-state index in [1.807, 2.05) is 0 Å². The van der Waals surface area contributed by atoms with E-state index < -0.39 is 0 Å². The number of aliphatic hydroxyl groups excluding tert-OH is 1. The van der Waals surface area contributed by atoms with Crippen molar-refractivity contribution < 1.29 is 5.11 Å². The molecule has 3 nitrogen and oxygen atoms in total. The van der Waals surface area contributed by atoms with Crippen LogP contribution >= 0.6 is 23.3 Å². The third-order valence-corrected chi connectivity index (χ3v) is 3.10. The molecule has 1 rings (SSSR count). The van der Waals surface area contributed by atoms with Crippen LogP contribution in [0.3, 0.4) is 0 Å². The van der Waals surface area contributed by atoms with Gasteiger partial charge in [-0.2, -0.15) is 4.37 Å². The maximum atomic E-state index is 8.62. The van der Waals surface area contributed by atoms with E-state index in [-0.39, 0.29) is 6.61 Å². The van der Waals surface area contributed by atoms with Crippen LogP contribution in [0.4, 0.5) is 0 Å². The number of thioether (sulfide) groups is 1. The molecule has 62 valence electrons. The van der Waals surface area contributed by atoms with Gasteiger partial charge in [0, 0.05) is 11.9 Å². The Morgan fingerprint density at radius 3 is 3.18 bits per heavy atom. The fourth-order valence-electron chi connectivity index (χ4n) is 0.628. The largest absolute Gasteiger partial charge is 0.396 e. The van der Waals surface area contributed by atoms with Gasteiger partial charge in [0.15, 0.2) is 4.34 Å². The molecular weight excluding hydrogens is 180 g/mol. The lowest BCUT2D eigenvalue weighted by atomic mass is 10.4. The van der Waals surface area contributed by atoms with Gasteiger partial charge >= 0.3 is 0 Å². The highest BCUT2D eigenvalue weighted by Gasteiger charge is 2.05. The predicted molar refractivity (Wildman–Crippen MR) is 46.9 cm³/mol. The maximum Gasteiger partial charge on any atom is 0.170 e. The van der Waals surface area contributed by atoms with Gasteiger partial charge in [-0.1, -0.05) is 18.7 Å². The lowest BCUT2D eigenvalue weighted by molar-refractivity contribution is 0.289. The van der Waals surface area contributed by atoms with Gasteiger partial charge in [0.25, 0.3) is 0 Å². The van der Waals surface area contributed by atoms with E-state index in [0.29, 0.717) is 5.25 Å². The molecule has 0 fully saturated rings. The Hall–Kier alpha value is -0.130. The van der Waals surface area contributed by atoms with Crippen LogP contribution in [-0.2, 0) is 0 Å². The molecular formula is C6H10N2OS2. The van der Waals surface area contributed by atoms with E-state index in [0.717, 1.165) is 10.8 Å². The van der Waals surface area contributed by atoms with Crippen LogP contribution < -0.4 is 0 Å². The first-order valence-electron chi connectivity index (χ1n) is 3.37. The summed E-state index contributed by atoms with van der Waals surface area (Å²) in [5.41, 5.74) is 0. The molecule has 0 amide bonds. The minimum atomic E-state index is 0.243. The molecule has 0 radical (unpaired) electrons. The molecule has 5 heteroatoms. The monoisotopic (exact) mass is 190 g/mol. The van der Waals surface area contributed by atoms with E-state index in [2.05, 4.69) is 16.3 Å². The fourth-order valence-corrected chi connectivity index (χ4v) is 2.38. The summed E-state index contributed by atoms with van der Waals surface area (Å²) in [7, 11) is 0. The SMILES string of the molecule is CC(CCO)Sc1ncns1. The lowest BCUT2D eigenvalue weighted by Crippen LogP contribution is -1.98. The van der Waals surface area contributed by atoms with E-state index in [1.54, 1.807) is 18.1 Å². The molecule has 1 heterocycles. The average molecular weight is 190 g/mol. The van der Waals surface area contributed by atoms with Gasteiger partial charge in [-0.3, -0.25) is 0 Å². The Labute approximate surface area is 74.0 Å². The first-order chi connectivity index (χ1) is 5.33. The molecule has 0 bridgehead atoms. The Morgan fingerprint density at radius 2 is 2.64 bits per heavy atom. The number of hydrogen-bond acceptors (Lipinski definition) is 5. The minimum absolute atomic E-state index is 0.243. The van der Waals surface area contributed by atoms with Crippen molar-refractivity contribution in [1.82, 2.24) is 9.36 Å². The second kappa shape index (κ2) is 4.69. The Morgan fingerprint density at radius 1 is 1.82 bits per heavy atom. The minimum Gasteiger partial charge on any atom is -0.396 e. The van der Waals surface area contributed by atoms with Gasteiger partial charge in [-0.25, -0.2) is 4.98 Å². The fraction of sp³-hybridized carbons (Fsp3) is 0.667. The molecule has 0 aliphatic carbocycles. The van der Waals surface area contributed by atoms with Crippen molar-refractivity contribution in [2.24, 2.45) is 0 Å². The van der Waals surface area contributed by atoms with Crippen LogP contribution in [0.1, 0.15) is 13.3 Å². The standard InChI is InChI=1S/C6H10N2OS2/c1-5(2-3-9)10-6-7-4-8-11-6/h4-5,9H,2-3H2,1H3. The number of hydrogen-bond donors (Lipinski definition) is 1. The molecule has 0 saturated heterocycles. The zero-order chi connectivity index (χ0) is 8.10. The summed E-state index contributed by atoms with van der Waals surface area (Å²) >= 11 is 3.06. The van der Waals surface area contributed by atoms with E-state index in [9.17, 15) is 0 Å². The van der Waals surface area contributed by atoms with Crippen LogP contribution in [0.5, 0.6) is 0 Å². The summed E-state index contributed by atoms with van der Waals surface area (Å²) in [6, 6.07) is 0. The molecule has 1 unspecified atom stereocenters. The quantitative estimate of drug-likeness (QED) is 0.729. The first-order valence-corrected chi connectivity index (χ1v) is 5.02. The van der Waals surface area contributed by atoms with Crippen molar-refractivity contribution in [3.63, 3.8) is 0 Å². The Bertz CT molecular complexity index is 190. The van der Waals surface area contributed by atoms with E-state index in [1.165, 1.54) is 11.5 Å². The molecule has 0 aromatic carbocycles. The smallest absolute Gasteiger partial charge is 0.170 e. The van der Waals surface area contributed by atoms with Gasteiger partial charge in [0.05, 0.1) is 0 Å². The van der Waals surface area contributed by atoms with E-state index >= 15 is 0 Å². The molecule has 1 N–H and O–H groups in total. The molecule has 1 aromatic heterocycles. The highest BCUT2D eigenvalue weighted by molar-refractivity contribution is 8.01. The zero-order valence-corrected chi connectivity index (χ0v) is 7.86. The Kier molecular flexibility index (Phi) is 3.82. The lowest BCUT2D eigenvalue weighted by Gasteiger charge is -2.04. The van der Waals surface area contributed by atoms with Crippen LogP contribution in [0.15, 0.2) is 10.7 Å². The third kappa shape index (κ3) is 3.18. The van der Waals surface area contributed by atoms with Crippen LogP contribution in [0.25, 0.3) is 0 Å². The summed E-state index contributed by atoms with van der Waals surface area (Å²) in [5, 5.41) is 9.04. The number of aliphatic hydroxyl groups is 1. The van der Waals surface area contributed by atoms with Gasteiger partial charge < -0.3 is 5.11 Å². The predicted octanol–water partition coefficient (Wildman–Crippen LogP) is 1.40. The normalized spacial score (nSPS) is 13.3. The molecule has 0 aliphatic heterocycles. The van der Waals surface area contributed by atoms with Gasteiger partial charge in [-0.05, 0) is 18.0 Å². The third-order valence-electron chi connectivity index (χ3n) is 1.18. The summed E-state index contributed by atoms with van der Waals surface area (Å²) in [4.78, 5) is 4.03.